The molecule has 0 spiro atoms. The van der Waals surface area contributed by atoms with Crippen molar-refractivity contribution in [3.63, 3.8) is 0 Å². The van der Waals surface area contributed by atoms with Crippen LogP contribution in [0.1, 0.15) is 22.3 Å². The summed E-state index contributed by atoms with van der Waals surface area (Å²) in [5, 5.41) is 9.90. The quantitative estimate of drug-likeness (QED) is 0.376. The maximum atomic E-state index is 13.3. The van der Waals surface area contributed by atoms with Crippen molar-refractivity contribution in [2.24, 2.45) is 0 Å². The van der Waals surface area contributed by atoms with Gasteiger partial charge in [-0.3, -0.25) is 19.9 Å². The van der Waals surface area contributed by atoms with Crippen LogP contribution in [0.3, 0.4) is 0 Å². The molecule has 0 saturated heterocycles. The van der Waals surface area contributed by atoms with Crippen molar-refractivity contribution in [3.05, 3.63) is 101 Å². The number of halogens is 2. The number of nitrogens with one attached hydrogen (secondary N) is 2. The van der Waals surface area contributed by atoms with E-state index in [0.29, 0.717) is 26.2 Å². The summed E-state index contributed by atoms with van der Waals surface area (Å²) in [6.07, 6.45) is 0.745. The van der Waals surface area contributed by atoms with E-state index in [9.17, 15) is 9.59 Å². The Morgan fingerprint density at radius 1 is 0.816 bits per heavy atom. The van der Waals surface area contributed by atoms with Crippen LogP contribution in [0.15, 0.2) is 78.9 Å². The highest BCUT2D eigenvalue weighted by Crippen LogP contribution is 2.24. The predicted molar refractivity (Wildman–Crippen MR) is 158 cm³/mol. The fraction of sp³-hybridized carbons (Fsp3) is 0.310. The van der Waals surface area contributed by atoms with Crippen LogP contribution in [-0.4, -0.2) is 62.1 Å². The van der Waals surface area contributed by atoms with Gasteiger partial charge >= 0.3 is 0 Å². The molecule has 0 bridgehead atoms. The number of anilines is 1. The molecule has 0 aliphatic carbocycles. The summed E-state index contributed by atoms with van der Waals surface area (Å²) >= 11 is 0. The molecular formula is C29H37Cl2N5O2. The highest BCUT2D eigenvalue weighted by Gasteiger charge is 2.25. The van der Waals surface area contributed by atoms with Gasteiger partial charge in [0.15, 0.2) is 0 Å². The summed E-state index contributed by atoms with van der Waals surface area (Å²) < 4.78 is 0. The molecule has 0 atom stereocenters. The summed E-state index contributed by atoms with van der Waals surface area (Å²) in [6.45, 7) is 2.83. The average Bonchev–Trinajstić information content (AvgIpc) is 3.34. The number of rotatable bonds is 11. The number of para-hydroxylation sites is 1. The Hall–Kier alpha value is -2.94. The van der Waals surface area contributed by atoms with E-state index in [0.717, 1.165) is 17.7 Å². The highest BCUT2D eigenvalue weighted by atomic mass is 35.5. The lowest BCUT2D eigenvalue weighted by Crippen LogP contribution is -2.47. The van der Waals surface area contributed by atoms with Crippen molar-refractivity contribution >= 4 is 42.3 Å². The maximum absolute atomic E-state index is 13.3. The second-order valence-corrected chi connectivity index (χ2v) is 9.05. The molecule has 0 aromatic heterocycles. The first-order chi connectivity index (χ1) is 17.6. The van der Waals surface area contributed by atoms with Crippen LogP contribution in [0.4, 0.5) is 5.69 Å². The van der Waals surface area contributed by atoms with E-state index < -0.39 is 0 Å². The summed E-state index contributed by atoms with van der Waals surface area (Å²) in [7, 11) is 3.67. The van der Waals surface area contributed by atoms with Gasteiger partial charge in [0.05, 0.1) is 13.1 Å². The van der Waals surface area contributed by atoms with Gasteiger partial charge in [0.1, 0.15) is 0 Å². The fourth-order valence-electron chi connectivity index (χ4n) is 4.51. The molecule has 7 nitrogen and oxygen atoms in total. The van der Waals surface area contributed by atoms with E-state index in [1.807, 2.05) is 65.5 Å². The van der Waals surface area contributed by atoms with Crippen LogP contribution < -0.4 is 15.5 Å². The largest absolute Gasteiger partial charge is 0.318 e. The zero-order chi connectivity index (χ0) is 25.3. The van der Waals surface area contributed by atoms with E-state index in [-0.39, 0.29) is 49.7 Å². The van der Waals surface area contributed by atoms with Crippen LogP contribution in [0.5, 0.6) is 0 Å². The van der Waals surface area contributed by atoms with Gasteiger partial charge < -0.3 is 10.2 Å². The van der Waals surface area contributed by atoms with Gasteiger partial charge in [0.25, 0.3) is 5.91 Å². The van der Waals surface area contributed by atoms with E-state index in [2.05, 4.69) is 41.0 Å². The molecule has 1 aliphatic rings. The van der Waals surface area contributed by atoms with Crippen molar-refractivity contribution in [2.75, 3.05) is 45.2 Å². The molecule has 2 amide bonds. The standard InChI is InChI=1S/C29H35N5O2.2ClH/c1-30-16-17-34(27-15-9-8-12-24(27)18-23-10-4-3-5-11-23)29(36)20-31-19-28(35)32(2)33-21-25-13-6-7-14-26(25)22-33;;/h3-15,30-31H,16-22H2,1-2H3;2*1H. The number of hydrogen-bond donors (Lipinski definition) is 2. The van der Waals surface area contributed by atoms with Gasteiger partial charge in [0.2, 0.25) is 5.91 Å². The Morgan fingerprint density at radius 2 is 1.39 bits per heavy atom. The van der Waals surface area contributed by atoms with E-state index in [1.165, 1.54) is 16.7 Å². The van der Waals surface area contributed by atoms with Gasteiger partial charge in [-0.25, -0.2) is 5.01 Å². The van der Waals surface area contributed by atoms with Gasteiger partial charge in [-0.2, -0.15) is 0 Å². The number of hydrogen-bond acceptors (Lipinski definition) is 5. The molecule has 3 aromatic rings. The van der Waals surface area contributed by atoms with E-state index in [1.54, 1.807) is 12.1 Å². The molecule has 3 aromatic carbocycles. The van der Waals surface area contributed by atoms with E-state index in [4.69, 9.17) is 0 Å². The Labute approximate surface area is 238 Å². The molecule has 1 heterocycles. The zero-order valence-corrected chi connectivity index (χ0v) is 23.6. The van der Waals surface area contributed by atoms with Crippen LogP contribution in [-0.2, 0) is 29.1 Å². The van der Waals surface area contributed by atoms with Gasteiger partial charge in [0, 0.05) is 38.9 Å². The fourth-order valence-corrected chi connectivity index (χ4v) is 4.51. The maximum Gasteiger partial charge on any atom is 0.250 e. The van der Waals surface area contributed by atoms with Crippen molar-refractivity contribution in [1.29, 1.82) is 0 Å². The first-order valence-electron chi connectivity index (χ1n) is 12.4. The topological polar surface area (TPSA) is 67.9 Å². The minimum absolute atomic E-state index is 0. The minimum atomic E-state index is -0.0677. The second kappa shape index (κ2) is 15.5. The molecule has 38 heavy (non-hydrogen) atoms. The second-order valence-electron chi connectivity index (χ2n) is 9.05. The van der Waals surface area contributed by atoms with Gasteiger partial charge in [-0.1, -0.05) is 72.8 Å². The molecule has 4 rings (SSSR count). The summed E-state index contributed by atoms with van der Waals surface area (Å²) in [5.74, 6) is -0.128. The van der Waals surface area contributed by atoms with Crippen LogP contribution >= 0.6 is 24.8 Å². The SMILES string of the molecule is CNCCN(C(=O)CNCC(=O)N(C)N1Cc2ccccc2C1)c1ccccc1Cc1ccccc1.Cl.Cl. The van der Waals surface area contributed by atoms with Crippen molar-refractivity contribution in [1.82, 2.24) is 20.7 Å². The Balaban J connectivity index is 0.00000253. The van der Waals surface area contributed by atoms with E-state index >= 15 is 0 Å². The van der Waals surface area contributed by atoms with Crippen molar-refractivity contribution < 1.29 is 9.59 Å². The molecule has 2 N–H and O–H groups in total. The number of fused-ring (bicyclic) bond motifs is 1. The molecule has 204 valence electrons. The third-order valence-electron chi connectivity index (χ3n) is 6.57. The first-order valence-corrected chi connectivity index (χ1v) is 12.4. The number of hydrazine groups is 1. The molecular weight excluding hydrogens is 521 g/mol. The minimum Gasteiger partial charge on any atom is -0.318 e. The van der Waals surface area contributed by atoms with Crippen LogP contribution in [0.25, 0.3) is 0 Å². The Morgan fingerprint density at radius 3 is 2.05 bits per heavy atom. The normalized spacial score (nSPS) is 12.2. The van der Waals surface area contributed by atoms with Crippen molar-refractivity contribution in [3.8, 4) is 0 Å². The Kier molecular flexibility index (Phi) is 12.7. The van der Waals surface area contributed by atoms with Crippen LogP contribution in [0.2, 0.25) is 0 Å². The van der Waals surface area contributed by atoms with Gasteiger partial charge in [-0.05, 0) is 41.8 Å². The third-order valence-corrected chi connectivity index (χ3v) is 6.57. The Bertz CT molecular complexity index is 1150. The number of carbonyl (C=O) groups is 2. The number of benzene rings is 3. The molecule has 0 unspecified atom stereocenters. The monoisotopic (exact) mass is 557 g/mol. The lowest BCUT2D eigenvalue weighted by atomic mass is 10.0. The summed E-state index contributed by atoms with van der Waals surface area (Å²) in [5.41, 5.74) is 5.69. The third kappa shape index (κ3) is 8.03. The lowest BCUT2D eigenvalue weighted by molar-refractivity contribution is -0.145. The summed E-state index contributed by atoms with van der Waals surface area (Å²) in [6, 6.07) is 26.5. The smallest absolute Gasteiger partial charge is 0.250 e. The average molecular weight is 559 g/mol. The number of amides is 2. The molecule has 0 radical (unpaired) electrons. The molecule has 9 heteroatoms. The number of likely N-dealkylation sites (N-methyl/N-ethyl adjacent to an activating group) is 2. The van der Waals surface area contributed by atoms with Crippen LogP contribution in [0, 0.1) is 0 Å². The molecule has 0 fully saturated rings. The number of nitrogens with zero attached hydrogens (tertiary/aromatic N) is 3. The predicted octanol–water partition coefficient (Wildman–Crippen LogP) is 3.65. The number of carbonyl (C=O) groups excluding carboxylic acids is 2. The lowest BCUT2D eigenvalue weighted by Gasteiger charge is -2.28. The van der Waals surface area contributed by atoms with Gasteiger partial charge in [-0.15, -0.1) is 24.8 Å². The zero-order valence-electron chi connectivity index (χ0n) is 21.9. The first kappa shape index (κ1) is 31.3. The molecule has 0 saturated carbocycles. The highest BCUT2D eigenvalue weighted by molar-refractivity contribution is 5.96. The molecule has 1 aliphatic heterocycles. The summed E-state index contributed by atoms with van der Waals surface area (Å²) in [4.78, 5) is 27.9. The van der Waals surface area contributed by atoms with Crippen molar-refractivity contribution in [2.45, 2.75) is 19.5 Å².